The van der Waals surface area contributed by atoms with Gasteiger partial charge in [0.2, 0.25) is 5.91 Å². The Labute approximate surface area is 151 Å². The molecule has 0 aliphatic heterocycles. The molecule has 2 aromatic rings. The van der Waals surface area contributed by atoms with Crippen LogP contribution in [0.4, 0.5) is 5.69 Å². The molecule has 0 radical (unpaired) electrons. The SMILES string of the molecule is COCc1ccc(/C=C/C(=O)Nc2ccccc2C(=O)ON)cc1OC. The van der Waals surface area contributed by atoms with Crippen molar-refractivity contribution >= 4 is 23.6 Å². The fourth-order valence-corrected chi connectivity index (χ4v) is 2.32. The van der Waals surface area contributed by atoms with Crippen molar-refractivity contribution < 1.29 is 23.9 Å². The standard InChI is InChI=1S/C19H20N2O5/c1-24-12-14-9-7-13(11-17(14)25-2)8-10-18(22)21-16-6-4-3-5-15(16)19(23)26-20/h3-11H,12,20H2,1-2H3,(H,21,22)/b10-8+. The van der Waals surface area contributed by atoms with Gasteiger partial charge in [-0.25, -0.2) is 4.79 Å². The Morgan fingerprint density at radius 2 is 1.92 bits per heavy atom. The molecule has 0 aromatic heterocycles. The van der Waals surface area contributed by atoms with E-state index in [0.717, 1.165) is 11.1 Å². The Morgan fingerprint density at radius 1 is 1.15 bits per heavy atom. The van der Waals surface area contributed by atoms with Crippen molar-refractivity contribution in [1.82, 2.24) is 0 Å². The summed E-state index contributed by atoms with van der Waals surface area (Å²) < 4.78 is 10.4. The predicted molar refractivity (Wildman–Crippen MR) is 97.4 cm³/mol. The summed E-state index contributed by atoms with van der Waals surface area (Å²) in [4.78, 5) is 28.0. The molecule has 1 amide bonds. The molecule has 0 spiro atoms. The molecule has 0 aliphatic carbocycles. The summed E-state index contributed by atoms with van der Waals surface area (Å²) >= 11 is 0. The van der Waals surface area contributed by atoms with Gasteiger partial charge in [-0.05, 0) is 29.8 Å². The number of nitrogens with one attached hydrogen (secondary N) is 1. The van der Waals surface area contributed by atoms with E-state index in [-0.39, 0.29) is 5.56 Å². The number of rotatable bonds is 7. The molecule has 2 aromatic carbocycles. The van der Waals surface area contributed by atoms with Gasteiger partial charge in [-0.1, -0.05) is 24.3 Å². The van der Waals surface area contributed by atoms with E-state index in [1.165, 1.54) is 12.1 Å². The van der Waals surface area contributed by atoms with E-state index < -0.39 is 11.9 Å². The maximum atomic E-state index is 12.1. The van der Waals surface area contributed by atoms with Gasteiger partial charge >= 0.3 is 5.97 Å². The Hall–Kier alpha value is -3.16. The summed E-state index contributed by atoms with van der Waals surface area (Å²) in [5.41, 5.74) is 2.17. The number of carbonyl (C=O) groups is 2. The highest BCUT2D eigenvalue weighted by molar-refractivity contribution is 6.06. The number of ether oxygens (including phenoxy) is 2. The molecule has 0 atom stereocenters. The van der Waals surface area contributed by atoms with E-state index in [1.807, 2.05) is 12.1 Å². The first-order chi connectivity index (χ1) is 12.6. The van der Waals surface area contributed by atoms with Crippen molar-refractivity contribution in [2.75, 3.05) is 19.5 Å². The van der Waals surface area contributed by atoms with E-state index in [4.69, 9.17) is 15.4 Å². The van der Waals surface area contributed by atoms with E-state index in [1.54, 1.807) is 44.6 Å². The highest BCUT2D eigenvalue weighted by Crippen LogP contribution is 2.22. The van der Waals surface area contributed by atoms with Crippen molar-refractivity contribution in [2.24, 2.45) is 5.90 Å². The summed E-state index contributed by atoms with van der Waals surface area (Å²) in [6.07, 6.45) is 2.99. The van der Waals surface area contributed by atoms with Gasteiger partial charge in [-0.2, -0.15) is 5.90 Å². The zero-order valence-electron chi connectivity index (χ0n) is 14.5. The summed E-state index contributed by atoms with van der Waals surface area (Å²) in [6, 6.07) is 11.9. The lowest BCUT2D eigenvalue weighted by molar-refractivity contribution is -0.111. The minimum atomic E-state index is -0.733. The second-order valence-corrected chi connectivity index (χ2v) is 5.28. The third-order valence-corrected chi connectivity index (χ3v) is 3.55. The quantitative estimate of drug-likeness (QED) is 0.584. The average Bonchev–Trinajstić information content (AvgIpc) is 2.67. The third kappa shape index (κ3) is 4.92. The van der Waals surface area contributed by atoms with Crippen LogP contribution >= 0.6 is 0 Å². The molecule has 0 bridgehead atoms. The van der Waals surface area contributed by atoms with Gasteiger partial charge in [-0.15, -0.1) is 0 Å². The lowest BCUT2D eigenvalue weighted by Crippen LogP contribution is -2.15. The zero-order chi connectivity index (χ0) is 18.9. The van der Waals surface area contributed by atoms with Crippen molar-refractivity contribution in [3.8, 4) is 5.75 Å². The molecule has 0 saturated carbocycles. The highest BCUT2D eigenvalue weighted by Gasteiger charge is 2.12. The normalized spacial score (nSPS) is 10.6. The van der Waals surface area contributed by atoms with Crippen LogP contribution in [0.3, 0.4) is 0 Å². The highest BCUT2D eigenvalue weighted by atomic mass is 16.7. The summed E-state index contributed by atoms with van der Waals surface area (Å²) in [5, 5.41) is 2.62. The summed E-state index contributed by atoms with van der Waals surface area (Å²) in [5.74, 6) is 4.44. The Bertz CT molecular complexity index is 817. The lowest BCUT2D eigenvalue weighted by atomic mass is 10.1. The molecule has 7 heteroatoms. The number of amides is 1. The first kappa shape index (κ1) is 19.2. The molecular weight excluding hydrogens is 336 g/mol. The van der Waals surface area contributed by atoms with E-state index in [0.29, 0.717) is 18.0 Å². The van der Waals surface area contributed by atoms with Gasteiger partial charge in [0.05, 0.1) is 25.0 Å². The van der Waals surface area contributed by atoms with Crippen LogP contribution in [0.15, 0.2) is 48.5 Å². The van der Waals surface area contributed by atoms with Crippen LogP contribution in [0.25, 0.3) is 6.08 Å². The molecule has 7 nitrogen and oxygen atoms in total. The molecule has 26 heavy (non-hydrogen) atoms. The maximum absolute atomic E-state index is 12.1. The lowest BCUT2D eigenvalue weighted by Gasteiger charge is -2.09. The number of hydrogen-bond acceptors (Lipinski definition) is 6. The Balaban J connectivity index is 2.12. The Kier molecular flexibility index (Phi) is 6.90. The van der Waals surface area contributed by atoms with Gasteiger partial charge < -0.3 is 19.6 Å². The molecule has 0 heterocycles. The van der Waals surface area contributed by atoms with E-state index >= 15 is 0 Å². The fourth-order valence-electron chi connectivity index (χ4n) is 2.32. The maximum Gasteiger partial charge on any atom is 0.358 e. The average molecular weight is 356 g/mol. The number of hydrogen-bond donors (Lipinski definition) is 2. The van der Waals surface area contributed by atoms with Gasteiger partial charge in [-0.3, -0.25) is 4.79 Å². The van der Waals surface area contributed by atoms with Crippen LogP contribution in [-0.4, -0.2) is 26.1 Å². The molecule has 0 fully saturated rings. The molecule has 3 N–H and O–H groups in total. The molecule has 2 rings (SSSR count). The summed E-state index contributed by atoms with van der Waals surface area (Å²) in [7, 11) is 3.18. The molecule has 0 aliphatic rings. The van der Waals surface area contributed by atoms with Gasteiger partial charge in [0.1, 0.15) is 5.75 Å². The predicted octanol–water partition coefficient (Wildman–Crippen LogP) is 2.52. The van der Waals surface area contributed by atoms with Gasteiger partial charge in [0.15, 0.2) is 0 Å². The van der Waals surface area contributed by atoms with Gasteiger partial charge in [0, 0.05) is 18.7 Å². The van der Waals surface area contributed by atoms with Crippen molar-refractivity contribution in [3.05, 3.63) is 65.2 Å². The number of para-hydroxylation sites is 1. The van der Waals surface area contributed by atoms with Crippen LogP contribution in [0.1, 0.15) is 21.5 Å². The number of carbonyl (C=O) groups excluding carboxylic acids is 2. The van der Waals surface area contributed by atoms with Crippen LogP contribution < -0.4 is 16.0 Å². The first-order valence-corrected chi connectivity index (χ1v) is 7.74. The molecule has 136 valence electrons. The second-order valence-electron chi connectivity index (χ2n) is 5.28. The van der Waals surface area contributed by atoms with Crippen molar-refractivity contribution in [3.63, 3.8) is 0 Å². The topological polar surface area (TPSA) is 99.9 Å². The van der Waals surface area contributed by atoms with Crippen LogP contribution in [0.2, 0.25) is 0 Å². The number of nitrogens with two attached hydrogens (primary N) is 1. The van der Waals surface area contributed by atoms with Crippen LogP contribution in [0, 0.1) is 0 Å². The van der Waals surface area contributed by atoms with E-state index in [9.17, 15) is 9.59 Å². The molecular formula is C19H20N2O5. The fraction of sp³-hybridized carbons (Fsp3) is 0.158. The molecule has 0 saturated heterocycles. The smallest absolute Gasteiger partial charge is 0.358 e. The monoisotopic (exact) mass is 356 g/mol. The third-order valence-electron chi connectivity index (χ3n) is 3.55. The van der Waals surface area contributed by atoms with Crippen molar-refractivity contribution in [2.45, 2.75) is 6.61 Å². The van der Waals surface area contributed by atoms with Crippen molar-refractivity contribution in [1.29, 1.82) is 0 Å². The minimum absolute atomic E-state index is 0.169. The minimum Gasteiger partial charge on any atom is -0.496 e. The number of benzene rings is 2. The summed E-state index contributed by atoms with van der Waals surface area (Å²) in [6.45, 7) is 0.432. The van der Waals surface area contributed by atoms with Gasteiger partial charge in [0.25, 0.3) is 0 Å². The largest absolute Gasteiger partial charge is 0.496 e. The first-order valence-electron chi connectivity index (χ1n) is 7.74. The Morgan fingerprint density at radius 3 is 2.62 bits per heavy atom. The number of methoxy groups -OCH3 is 2. The zero-order valence-corrected chi connectivity index (χ0v) is 14.5. The number of anilines is 1. The van der Waals surface area contributed by atoms with Crippen LogP contribution in [-0.2, 0) is 21.0 Å². The van der Waals surface area contributed by atoms with E-state index in [2.05, 4.69) is 10.2 Å². The van der Waals surface area contributed by atoms with Crippen LogP contribution in [0.5, 0.6) is 5.75 Å². The second kappa shape index (κ2) is 9.36. The molecule has 0 unspecified atom stereocenters.